The number of hydrogen-bond acceptors (Lipinski definition) is 1. The number of guanidine groups is 1. The van der Waals surface area contributed by atoms with Crippen molar-refractivity contribution in [2.75, 3.05) is 7.05 Å². The zero-order valence-corrected chi connectivity index (χ0v) is 12.3. The second-order valence-corrected chi connectivity index (χ2v) is 6.30. The fraction of sp³-hybridized carbons (Fsp3) is 0.533. The van der Waals surface area contributed by atoms with Gasteiger partial charge in [0.05, 0.1) is 6.04 Å². The quantitative estimate of drug-likeness (QED) is 0.688. The molecule has 2 saturated carbocycles. The van der Waals surface area contributed by atoms with Crippen molar-refractivity contribution in [1.82, 2.24) is 4.90 Å². The zero-order chi connectivity index (χ0) is 14.3. The van der Waals surface area contributed by atoms with Crippen molar-refractivity contribution in [3.8, 4) is 0 Å². The first kappa shape index (κ1) is 13.7. The summed E-state index contributed by atoms with van der Waals surface area (Å²) in [5.74, 6) is 0.533. The molecule has 3 rings (SSSR count). The number of halogens is 2. The Labute approximate surface area is 123 Å². The lowest BCUT2D eigenvalue weighted by Crippen LogP contribution is -2.43. The van der Waals surface area contributed by atoms with Crippen LogP contribution in [0, 0.1) is 0 Å². The third-order valence-corrected chi connectivity index (χ3v) is 4.47. The molecule has 0 aromatic heterocycles. The fourth-order valence-corrected chi connectivity index (χ4v) is 2.90. The van der Waals surface area contributed by atoms with Gasteiger partial charge in [-0.2, -0.15) is 0 Å². The SMILES string of the molecule is CN(C(N)=NC1CC(F)(c2cccc(Cl)c2)C1)C1CC1. The van der Waals surface area contributed by atoms with Crippen LogP contribution in [0.4, 0.5) is 4.39 Å². The van der Waals surface area contributed by atoms with E-state index in [-0.39, 0.29) is 6.04 Å². The van der Waals surface area contributed by atoms with E-state index in [9.17, 15) is 4.39 Å². The van der Waals surface area contributed by atoms with Gasteiger partial charge in [-0.25, -0.2) is 9.38 Å². The number of alkyl halides is 1. The number of rotatable bonds is 3. The van der Waals surface area contributed by atoms with E-state index in [0.717, 1.165) is 0 Å². The smallest absolute Gasteiger partial charge is 0.191 e. The van der Waals surface area contributed by atoms with Gasteiger partial charge in [-0.15, -0.1) is 0 Å². The topological polar surface area (TPSA) is 41.6 Å². The van der Waals surface area contributed by atoms with Gasteiger partial charge in [0.1, 0.15) is 5.67 Å². The lowest BCUT2D eigenvalue weighted by Gasteiger charge is -2.40. The molecule has 2 aliphatic carbocycles. The average molecular weight is 296 g/mol. The molecule has 0 amide bonds. The summed E-state index contributed by atoms with van der Waals surface area (Å²) in [5, 5.41) is 0.569. The molecule has 0 heterocycles. The lowest BCUT2D eigenvalue weighted by molar-refractivity contribution is 0.0410. The number of nitrogens with zero attached hydrogens (tertiary/aromatic N) is 2. The van der Waals surface area contributed by atoms with Crippen LogP contribution in [-0.4, -0.2) is 30.0 Å². The van der Waals surface area contributed by atoms with Crippen LogP contribution in [0.1, 0.15) is 31.2 Å². The number of aliphatic imine (C=N–C) groups is 1. The molecule has 1 aromatic carbocycles. The molecule has 0 aliphatic heterocycles. The van der Waals surface area contributed by atoms with E-state index < -0.39 is 5.67 Å². The predicted molar refractivity (Wildman–Crippen MR) is 79.7 cm³/mol. The molecule has 0 atom stereocenters. The van der Waals surface area contributed by atoms with E-state index in [1.807, 2.05) is 11.9 Å². The highest BCUT2D eigenvalue weighted by atomic mass is 35.5. The summed E-state index contributed by atoms with van der Waals surface area (Å²) in [4.78, 5) is 6.43. The maximum Gasteiger partial charge on any atom is 0.191 e. The second-order valence-electron chi connectivity index (χ2n) is 5.87. The van der Waals surface area contributed by atoms with Crippen LogP contribution in [0.5, 0.6) is 0 Å². The summed E-state index contributed by atoms with van der Waals surface area (Å²) in [5.41, 5.74) is 5.29. The Morgan fingerprint density at radius 1 is 1.45 bits per heavy atom. The van der Waals surface area contributed by atoms with E-state index in [2.05, 4.69) is 4.99 Å². The van der Waals surface area contributed by atoms with Gasteiger partial charge in [0.15, 0.2) is 5.96 Å². The van der Waals surface area contributed by atoms with E-state index in [4.69, 9.17) is 17.3 Å². The Bertz CT molecular complexity index is 536. The second kappa shape index (κ2) is 4.92. The van der Waals surface area contributed by atoms with Crippen molar-refractivity contribution in [1.29, 1.82) is 0 Å². The third-order valence-electron chi connectivity index (χ3n) is 4.23. The van der Waals surface area contributed by atoms with Gasteiger partial charge >= 0.3 is 0 Å². The third kappa shape index (κ3) is 2.62. The van der Waals surface area contributed by atoms with Crippen LogP contribution in [-0.2, 0) is 5.67 Å². The zero-order valence-electron chi connectivity index (χ0n) is 11.5. The summed E-state index contributed by atoms with van der Waals surface area (Å²) >= 11 is 5.92. The van der Waals surface area contributed by atoms with Crippen LogP contribution in [0.25, 0.3) is 0 Å². The Kier molecular flexibility index (Phi) is 3.36. The summed E-state index contributed by atoms with van der Waals surface area (Å²) in [7, 11) is 1.95. The molecule has 20 heavy (non-hydrogen) atoms. The van der Waals surface area contributed by atoms with Crippen LogP contribution >= 0.6 is 11.6 Å². The van der Waals surface area contributed by atoms with Crippen molar-refractivity contribution in [2.45, 2.75) is 43.4 Å². The van der Waals surface area contributed by atoms with Crippen molar-refractivity contribution in [3.63, 3.8) is 0 Å². The Hall–Kier alpha value is -1.29. The van der Waals surface area contributed by atoms with Crippen molar-refractivity contribution >= 4 is 17.6 Å². The first-order chi connectivity index (χ1) is 9.48. The van der Waals surface area contributed by atoms with Gasteiger partial charge in [-0.1, -0.05) is 23.7 Å². The molecule has 108 valence electrons. The van der Waals surface area contributed by atoms with Crippen LogP contribution in [0.3, 0.4) is 0 Å². The minimum Gasteiger partial charge on any atom is -0.370 e. The van der Waals surface area contributed by atoms with Crippen LogP contribution < -0.4 is 5.73 Å². The highest BCUT2D eigenvalue weighted by Gasteiger charge is 2.46. The molecule has 2 fully saturated rings. The van der Waals surface area contributed by atoms with Crippen molar-refractivity contribution in [2.24, 2.45) is 10.7 Å². The average Bonchev–Trinajstić information content (AvgIpc) is 3.20. The maximum atomic E-state index is 14.7. The molecule has 0 spiro atoms. The van der Waals surface area contributed by atoms with Crippen LogP contribution in [0.15, 0.2) is 29.3 Å². The van der Waals surface area contributed by atoms with Gasteiger partial charge in [0, 0.05) is 31.0 Å². The van der Waals surface area contributed by atoms with E-state index in [1.54, 1.807) is 24.3 Å². The van der Waals surface area contributed by atoms with Gasteiger partial charge < -0.3 is 10.6 Å². The minimum absolute atomic E-state index is 0.0276. The normalized spacial score (nSPS) is 29.9. The van der Waals surface area contributed by atoms with Crippen LogP contribution in [0.2, 0.25) is 5.02 Å². The summed E-state index contributed by atoms with van der Waals surface area (Å²) in [6, 6.07) is 7.52. The molecule has 1 aromatic rings. The number of nitrogens with two attached hydrogens (primary N) is 1. The van der Waals surface area contributed by atoms with E-state index in [1.165, 1.54) is 12.8 Å². The van der Waals surface area contributed by atoms with Gasteiger partial charge in [0.25, 0.3) is 0 Å². The summed E-state index contributed by atoms with van der Waals surface area (Å²) in [6.07, 6.45) is 3.11. The largest absolute Gasteiger partial charge is 0.370 e. The first-order valence-corrected chi connectivity index (χ1v) is 7.37. The highest BCUT2D eigenvalue weighted by molar-refractivity contribution is 6.30. The Morgan fingerprint density at radius 2 is 2.15 bits per heavy atom. The molecule has 5 heteroatoms. The van der Waals surface area contributed by atoms with Crippen molar-refractivity contribution in [3.05, 3.63) is 34.9 Å². The van der Waals surface area contributed by atoms with Gasteiger partial charge in [-0.05, 0) is 30.5 Å². The molecule has 2 aliphatic rings. The first-order valence-electron chi connectivity index (χ1n) is 6.99. The van der Waals surface area contributed by atoms with E-state index >= 15 is 0 Å². The molecule has 0 bridgehead atoms. The van der Waals surface area contributed by atoms with Gasteiger partial charge in [-0.3, -0.25) is 0 Å². The molecule has 2 N–H and O–H groups in total. The maximum absolute atomic E-state index is 14.7. The standard InChI is InChI=1S/C15H19ClFN3/c1-20(13-5-6-13)14(18)19-12-8-15(17,9-12)10-3-2-4-11(16)7-10/h2-4,7,12-13H,5-6,8-9H2,1H3,(H2,18,19). The van der Waals surface area contributed by atoms with Crippen molar-refractivity contribution < 1.29 is 4.39 Å². The fourth-order valence-electron chi connectivity index (χ4n) is 2.71. The molecule has 0 unspecified atom stereocenters. The predicted octanol–water partition coefficient (Wildman–Crippen LogP) is 3.08. The van der Waals surface area contributed by atoms with Gasteiger partial charge in [0.2, 0.25) is 0 Å². The Morgan fingerprint density at radius 3 is 2.75 bits per heavy atom. The Balaban J connectivity index is 1.64. The molecular weight excluding hydrogens is 277 g/mol. The molecule has 3 nitrogen and oxygen atoms in total. The molecular formula is C15H19ClFN3. The van der Waals surface area contributed by atoms with E-state index in [0.29, 0.717) is 35.4 Å². The summed E-state index contributed by atoms with van der Waals surface area (Å²) < 4.78 is 14.7. The number of hydrogen-bond donors (Lipinski definition) is 1. The lowest BCUT2D eigenvalue weighted by atomic mass is 9.73. The monoisotopic (exact) mass is 295 g/mol. The summed E-state index contributed by atoms with van der Waals surface area (Å²) in [6.45, 7) is 0. The number of benzene rings is 1. The highest BCUT2D eigenvalue weighted by Crippen LogP contribution is 2.47. The molecule has 0 radical (unpaired) electrons. The minimum atomic E-state index is -1.31. The molecule has 0 saturated heterocycles.